The zero-order valence-corrected chi connectivity index (χ0v) is 15.3. The Morgan fingerprint density at radius 2 is 1.89 bits per heavy atom. The molecule has 2 aliphatic rings. The molecule has 7 nitrogen and oxygen atoms in total. The lowest BCUT2D eigenvalue weighted by molar-refractivity contribution is -0.141. The lowest BCUT2D eigenvalue weighted by Gasteiger charge is -2.27. The second kappa shape index (κ2) is 8.62. The summed E-state index contributed by atoms with van der Waals surface area (Å²) in [4.78, 5) is 43.0. The van der Waals surface area contributed by atoms with Gasteiger partial charge in [-0.25, -0.2) is 0 Å². The van der Waals surface area contributed by atoms with E-state index in [4.69, 9.17) is 0 Å². The van der Waals surface area contributed by atoms with Crippen molar-refractivity contribution in [1.29, 1.82) is 0 Å². The second-order valence-corrected chi connectivity index (χ2v) is 6.79. The number of amides is 3. The van der Waals surface area contributed by atoms with Crippen molar-refractivity contribution in [2.24, 2.45) is 5.92 Å². The lowest BCUT2D eigenvalue weighted by Crippen LogP contribution is -2.52. The van der Waals surface area contributed by atoms with E-state index in [0.717, 1.165) is 12.0 Å². The molecule has 1 aliphatic heterocycles. The van der Waals surface area contributed by atoms with E-state index in [-0.39, 0.29) is 23.6 Å². The number of allylic oxidation sites excluding steroid dienone is 2. The van der Waals surface area contributed by atoms with Crippen LogP contribution in [0.2, 0.25) is 0 Å². The molecular formula is C20H24N4O3. The monoisotopic (exact) mass is 368 g/mol. The number of nitrogens with zero attached hydrogens (tertiary/aromatic N) is 2. The number of aromatic nitrogens is 1. The molecule has 0 aromatic carbocycles. The van der Waals surface area contributed by atoms with Gasteiger partial charge in [-0.15, -0.1) is 0 Å². The first-order valence-corrected chi connectivity index (χ1v) is 9.18. The van der Waals surface area contributed by atoms with E-state index in [0.29, 0.717) is 19.5 Å². The average Bonchev–Trinajstić information content (AvgIpc) is 3.38. The van der Waals surface area contributed by atoms with Crippen LogP contribution in [0.15, 0.2) is 48.8 Å². The second-order valence-electron chi connectivity index (χ2n) is 6.79. The first kappa shape index (κ1) is 18.8. The van der Waals surface area contributed by atoms with Gasteiger partial charge in [-0.3, -0.25) is 19.4 Å². The Bertz CT molecular complexity index is 748. The van der Waals surface area contributed by atoms with Crippen LogP contribution in [0.1, 0.15) is 25.3 Å². The third-order valence-corrected chi connectivity index (χ3v) is 4.83. The summed E-state index contributed by atoms with van der Waals surface area (Å²) in [6.45, 7) is 2.58. The molecule has 0 spiro atoms. The standard InChI is InChI=1S/C20H24N4O3/c1-14(23-18(25)16-5-2-3-6-16)20(27)24-12-4-7-17(24)19(26)22-13-15-8-10-21-11-9-15/h2-3,5-6,8-11,14,16-17H,4,7,12-13H2,1H3,(H,22,26)(H,23,25)/t14-,17-/m0/s1. The summed E-state index contributed by atoms with van der Waals surface area (Å²) in [5.74, 6) is -0.939. The van der Waals surface area contributed by atoms with Gasteiger partial charge in [0.2, 0.25) is 17.7 Å². The largest absolute Gasteiger partial charge is 0.350 e. The van der Waals surface area contributed by atoms with E-state index in [1.807, 2.05) is 12.1 Å². The van der Waals surface area contributed by atoms with Crippen LogP contribution in [-0.2, 0) is 20.9 Å². The Morgan fingerprint density at radius 1 is 1.19 bits per heavy atom. The van der Waals surface area contributed by atoms with E-state index < -0.39 is 12.1 Å². The smallest absolute Gasteiger partial charge is 0.245 e. The summed E-state index contributed by atoms with van der Waals surface area (Å²) in [5, 5.41) is 5.63. The van der Waals surface area contributed by atoms with Crippen molar-refractivity contribution in [1.82, 2.24) is 20.5 Å². The van der Waals surface area contributed by atoms with Crippen LogP contribution in [0.4, 0.5) is 0 Å². The Morgan fingerprint density at radius 3 is 2.59 bits per heavy atom. The van der Waals surface area contributed by atoms with Gasteiger partial charge in [0.25, 0.3) is 0 Å². The maximum atomic E-state index is 12.8. The third-order valence-electron chi connectivity index (χ3n) is 4.83. The topological polar surface area (TPSA) is 91.4 Å². The zero-order chi connectivity index (χ0) is 19.2. The highest BCUT2D eigenvalue weighted by Crippen LogP contribution is 2.19. The molecule has 3 amide bonds. The predicted octanol–water partition coefficient (Wildman–Crippen LogP) is 0.936. The van der Waals surface area contributed by atoms with Crippen molar-refractivity contribution < 1.29 is 14.4 Å². The molecule has 142 valence electrons. The van der Waals surface area contributed by atoms with Crippen molar-refractivity contribution in [2.45, 2.75) is 38.4 Å². The Kier molecular flexibility index (Phi) is 6.01. The fourth-order valence-electron chi connectivity index (χ4n) is 3.34. The summed E-state index contributed by atoms with van der Waals surface area (Å²) >= 11 is 0. The SMILES string of the molecule is C[C@H](NC(=O)C1C=CC=C1)C(=O)N1CCC[C@H]1C(=O)NCc1ccncc1. The molecule has 1 aliphatic carbocycles. The Hall–Kier alpha value is -2.96. The average molecular weight is 368 g/mol. The number of hydrogen-bond acceptors (Lipinski definition) is 4. The van der Waals surface area contributed by atoms with Gasteiger partial charge in [0.1, 0.15) is 12.1 Å². The molecule has 0 saturated carbocycles. The minimum Gasteiger partial charge on any atom is -0.350 e. The Labute approximate surface area is 158 Å². The first-order chi connectivity index (χ1) is 13.1. The molecule has 0 radical (unpaired) electrons. The molecule has 2 heterocycles. The van der Waals surface area contributed by atoms with Gasteiger partial charge < -0.3 is 15.5 Å². The number of pyridine rings is 1. The molecule has 1 fully saturated rings. The molecular weight excluding hydrogens is 344 g/mol. The van der Waals surface area contributed by atoms with Crippen molar-refractivity contribution >= 4 is 17.7 Å². The third kappa shape index (κ3) is 4.61. The van der Waals surface area contributed by atoms with Gasteiger partial charge in [0.15, 0.2) is 0 Å². The van der Waals surface area contributed by atoms with Crippen molar-refractivity contribution in [3.63, 3.8) is 0 Å². The van der Waals surface area contributed by atoms with Crippen molar-refractivity contribution in [3.05, 3.63) is 54.4 Å². The number of nitrogens with one attached hydrogen (secondary N) is 2. The van der Waals surface area contributed by atoms with Crippen LogP contribution in [0.5, 0.6) is 0 Å². The van der Waals surface area contributed by atoms with Gasteiger partial charge in [0, 0.05) is 25.5 Å². The minimum atomic E-state index is -0.673. The molecule has 2 atom stereocenters. The molecule has 1 aromatic rings. The quantitative estimate of drug-likeness (QED) is 0.782. The number of rotatable bonds is 6. The maximum absolute atomic E-state index is 12.8. The van der Waals surface area contributed by atoms with E-state index >= 15 is 0 Å². The molecule has 1 aromatic heterocycles. The number of carbonyl (C=O) groups is 3. The normalized spacial score (nSPS) is 19.9. The highest BCUT2D eigenvalue weighted by Gasteiger charge is 2.36. The van der Waals surface area contributed by atoms with Crippen LogP contribution in [0.3, 0.4) is 0 Å². The maximum Gasteiger partial charge on any atom is 0.245 e. The summed E-state index contributed by atoms with van der Waals surface area (Å²) in [7, 11) is 0. The molecule has 27 heavy (non-hydrogen) atoms. The lowest BCUT2D eigenvalue weighted by atomic mass is 10.1. The van der Waals surface area contributed by atoms with Crippen LogP contribution >= 0.6 is 0 Å². The Balaban J connectivity index is 1.55. The summed E-state index contributed by atoms with van der Waals surface area (Å²) in [6, 6.07) is 2.50. The van der Waals surface area contributed by atoms with Gasteiger partial charge in [0.05, 0.1) is 5.92 Å². The molecule has 3 rings (SSSR count). The summed E-state index contributed by atoms with van der Waals surface area (Å²) in [6.07, 6.45) is 11.9. The van der Waals surface area contributed by atoms with E-state index in [2.05, 4.69) is 15.6 Å². The van der Waals surface area contributed by atoms with Gasteiger partial charge >= 0.3 is 0 Å². The predicted molar refractivity (Wildman–Crippen MR) is 100 cm³/mol. The molecule has 0 unspecified atom stereocenters. The van der Waals surface area contributed by atoms with Crippen molar-refractivity contribution in [3.8, 4) is 0 Å². The van der Waals surface area contributed by atoms with Crippen LogP contribution in [-0.4, -0.2) is 46.2 Å². The van der Waals surface area contributed by atoms with Crippen LogP contribution < -0.4 is 10.6 Å². The van der Waals surface area contributed by atoms with Crippen LogP contribution in [0, 0.1) is 5.92 Å². The molecule has 0 bridgehead atoms. The number of hydrogen-bond donors (Lipinski definition) is 2. The van der Waals surface area contributed by atoms with Gasteiger partial charge in [-0.2, -0.15) is 0 Å². The van der Waals surface area contributed by atoms with Gasteiger partial charge in [-0.05, 0) is 37.5 Å². The van der Waals surface area contributed by atoms with E-state index in [1.54, 1.807) is 48.5 Å². The number of carbonyl (C=O) groups excluding carboxylic acids is 3. The highest BCUT2D eigenvalue weighted by atomic mass is 16.2. The highest BCUT2D eigenvalue weighted by molar-refractivity contribution is 5.93. The van der Waals surface area contributed by atoms with Crippen molar-refractivity contribution in [2.75, 3.05) is 6.54 Å². The molecule has 7 heteroatoms. The summed E-state index contributed by atoms with van der Waals surface area (Å²) in [5.41, 5.74) is 0.951. The van der Waals surface area contributed by atoms with Gasteiger partial charge in [-0.1, -0.05) is 24.3 Å². The minimum absolute atomic E-state index is 0.169. The van der Waals surface area contributed by atoms with Crippen LogP contribution in [0.25, 0.3) is 0 Å². The zero-order valence-electron chi connectivity index (χ0n) is 15.3. The van der Waals surface area contributed by atoms with E-state index in [9.17, 15) is 14.4 Å². The fourth-order valence-corrected chi connectivity index (χ4v) is 3.34. The first-order valence-electron chi connectivity index (χ1n) is 9.18. The summed E-state index contributed by atoms with van der Waals surface area (Å²) < 4.78 is 0. The van der Waals surface area contributed by atoms with E-state index in [1.165, 1.54) is 0 Å². The molecule has 1 saturated heterocycles. The molecule has 2 N–H and O–H groups in total. The number of likely N-dealkylation sites (tertiary alicyclic amines) is 1. The fraction of sp³-hybridized carbons (Fsp3) is 0.400.